The molecular weight excluding hydrogens is 116 g/mol. The van der Waals surface area contributed by atoms with Crippen molar-refractivity contribution < 1.29 is 4.43 Å². The van der Waals surface area contributed by atoms with Crippen LogP contribution in [0.1, 0.15) is 6.42 Å². The van der Waals surface area contributed by atoms with Gasteiger partial charge in [0.2, 0.25) is 0 Å². The molecular formula is C6H14OSi. The molecule has 0 aromatic heterocycles. The van der Waals surface area contributed by atoms with E-state index in [0.717, 1.165) is 6.42 Å². The summed E-state index contributed by atoms with van der Waals surface area (Å²) in [6.45, 7) is 8.02. The minimum atomic E-state index is -1.36. The molecule has 2 radical (unpaired) electrons. The highest BCUT2D eigenvalue weighted by Gasteiger charge is 2.18. The van der Waals surface area contributed by atoms with Gasteiger partial charge in [0.25, 0.3) is 0 Å². The van der Waals surface area contributed by atoms with Crippen LogP contribution in [0, 0.1) is 13.0 Å². The highest BCUT2D eigenvalue weighted by molar-refractivity contribution is 6.74. The van der Waals surface area contributed by atoms with E-state index in [-0.39, 0.29) is 0 Å². The molecule has 0 aromatic rings. The first kappa shape index (κ1) is 8.18. The molecule has 0 fully saturated rings. The molecule has 0 unspecified atom stereocenters. The van der Waals surface area contributed by atoms with Crippen LogP contribution >= 0.6 is 0 Å². The van der Waals surface area contributed by atoms with Crippen molar-refractivity contribution in [3.63, 3.8) is 0 Å². The van der Waals surface area contributed by atoms with Crippen LogP contribution in [-0.4, -0.2) is 15.4 Å². The Balaban J connectivity index is 3.37. The molecule has 1 nitrogen and oxygen atoms in total. The average molecular weight is 130 g/mol. The third-order valence-corrected chi connectivity index (χ3v) is 3.49. The first-order valence-corrected chi connectivity index (χ1v) is 5.79. The van der Waals surface area contributed by atoms with Gasteiger partial charge in [-0.15, -0.1) is 0 Å². The van der Waals surface area contributed by atoms with Crippen molar-refractivity contribution in [1.29, 1.82) is 0 Å². The van der Waals surface area contributed by atoms with Gasteiger partial charge >= 0.3 is 0 Å². The monoisotopic (exact) mass is 130 g/mol. The zero-order valence-corrected chi connectivity index (χ0v) is 6.90. The topological polar surface area (TPSA) is 9.23 Å². The van der Waals surface area contributed by atoms with Crippen LogP contribution in [0.15, 0.2) is 0 Å². The van der Waals surface area contributed by atoms with Crippen molar-refractivity contribution in [2.24, 2.45) is 0 Å². The normalized spacial score (nSPS) is 12.0. The van der Waals surface area contributed by atoms with E-state index in [1.54, 1.807) is 7.11 Å². The van der Waals surface area contributed by atoms with E-state index in [2.05, 4.69) is 26.1 Å². The van der Waals surface area contributed by atoms with E-state index in [9.17, 15) is 0 Å². The van der Waals surface area contributed by atoms with Gasteiger partial charge in [0.15, 0.2) is 8.32 Å². The summed E-state index contributed by atoms with van der Waals surface area (Å²) in [5, 5.41) is 0. The first-order chi connectivity index (χ1) is 3.62. The predicted molar refractivity (Wildman–Crippen MR) is 38.8 cm³/mol. The van der Waals surface area contributed by atoms with Gasteiger partial charge < -0.3 is 4.43 Å². The minimum absolute atomic E-state index is 0.882. The quantitative estimate of drug-likeness (QED) is 0.529. The maximum Gasteiger partial charge on any atom is 0.189 e. The lowest BCUT2D eigenvalue weighted by Gasteiger charge is -2.17. The van der Waals surface area contributed by atoms with Crippen molar-refractivity contribution in [2.45, 2.75) is 19.5 Å². The molecule has 0 saturated carbocycles. The third kappa shape index (κ3) is 3.21. The van der Waals surface area contributed by atoms with Gasteiger partial charge in [0.05, 0.1) is 0 Å². The molecule has 0 spiro atoms. The van der Waals surface area contributed by atoms with Crippen molar-refractivity contribution >= 4 is 8.32 Å². The van der Waals surface area contributed by atoms with Crippen LogP contribution in [-0.2, 0) is 4.43 Å². The van der Waals surface area contributed by atoms with Crippen LogP contribution < -0.4 is 0 Å². The maximum absolute atomic E-state index is 5.22. The molecule has 0 rings (SSSR count). The molecule has 0 aliphatic rings. The SMILES string of the molecule is [CH2]C[CH][Si](C)(C)OC. The molecule has 0 heterocycles. The van der Waals surface area contributed by atoms with Gasteiger partial charge in [-0.1, -0.05) is 13.3 Å². The van der Waals surface area contributed by atoms with E-state index in [1.807, 2.05) is 0 Å². The van der Waals surface area contributed by atoms with Crippen molar-refractivity contribution in [2.75, 3.05) is 7.11 Å². The summed E-state index contributed by atoms with van der Waals surface area (Å²) in [5.41, 5.74) is 0. The molecule has 0 aromatic carbocycles. The van der Waals surface area contributed by atoms with Crippen LogP contribution in [0.2, 0.25) is 13.1 Å². The van der Waals surface area contributed by atoms with Gasteiger partial charge in [-0.3, -0.25) is 0 Å². The largest absolute Gasteiger partial charge is 0.420 e. The maximum atomic E-state index is 5.22. The lowest BCUT2D eigenvalue weighted by atomic mass is 10.6. The van der Waals surface area contributed by atoms with Gasteiger partial charge in [-0.25, -0.2) is 0 Å². The fourth-order valence-electron chi connectivity index (χ4n) is 0.431. The zero-order chi connectivity index (χ0) is 6.62. The van der Waals surface area contributed by atoms with E-state index in [0.29, 0.717) is 0 Å². The standard InChI is InChI=1S/C6H14OSi/c1-5-6-8(3,4)7-2/h6H,1,5H2,2-4H3. The second-order valence-corrected chi connectivity index (χ2v) is 6.32. The van der Waals surface area contributed by atoms with Crippen LogP contribution in [0.4, 0.5) is 0 Å². The molecule has 8 heavy (non-hydrogen) atoms. The molecule has 48 valence electrons. The lowest BCUT2D eigenvalue weighted by molar-refractivity contribution is 0.410. The molecule has 0 amide bonds. The smallest absolute Gasteiger partial charge is 0.189 e. The molecule has 0 bridgehead atoms. The Bertz CT molecular complexity index is 61.5. The summed E-state index contributed by atoms with van der Waals surface area (Å²) in [6, 6.07) is 2.17. The molecule has 2 heteroatoms. The zero-order valence-electron chi connectivity index (χ0n) is 5.90. The van der Waals surface area contributed by atoms with Crippen LogP contribution in [0.3, 0.4) is 0 Å². The van der Waals surface area contributed by atoms with E-state index in [4.69, 9.17) is 4.43 Å². The molecule has 0 atom stereocenters. The van der Waals surface area contributed by atoms with Crippen LogP contribution in [0.25, 0.3) is 0 Å². The lowest BCUT2D eigenvalue weighted by Crippen LogP contribution is -2.29. The average Bonchev–Trinajstić information content (AvgIpc) is 1.67. The van der Waals surface area contributed by atoms with Gasteiger partial charge in [0, 0.05) is 7.11 Å². The summed E-state index contributed by atoms with van der Waals surface area (Å²) in [7, 11) is 0.398. The minimum Gasteiger partial charge on any atom is -0.420 e. The molecule has 0 N–H and O–H groups in total. The Morgan fingerprint density at radius 1 is 1.62 bits per heavy atom. The second-order valence-electron chi connectivity index (χ2n) is 2.30. The highest BCUT2D eigenvalue weighted by Crippen LogP contribution is 2.07. The summed E-state index contributed by atoms with van der Waals surface area (Å²) < 4.78 is 5.22. The summed E-state index contributed by atoms with van der Waals surface area (Å²) in [4.78, 5) is 0. The Morgan fingerprint density at radius 3 is 2.25 bits per heavy atom. The van der Waals surface area contributed by atoms with Gasteiger partial charge in [0.1, 0.15) is 0 Å². The van der Waals surface area contributed by atoms with E-state index >= 15 is 0 Å². The molecule has 0 aliphatic carbocycles. The summed E-state index contributed by atoms with van der Waals surface area (Å²) >= 11 is 0. The third-order valence-electron chi connectivity index (χ3n) is 1.16. The Hall–Kier alpha value is 0.177. The Labute approximate surface area is 53.2 Å². The van der Waals surface area contributed by atoms with E-state index < -0.39 is 8.32 Å². The van der Waals surface area contributed by atoms with E-state index in [1.165, 1.54) is 0 Å². The number of hydrogen-bond donors (Lipinski definition) is 0. The second kappa shape index (κ2) is 3.25. The van der Waals surface area contributed by atoms with Crippen LogP contribution in [0.5, 0.6) is 0 Å². The number of hydrogen-bond acceptors (Lipinski definition) is 1. The van der Waals surface area contributed by atoms with Crippen molar-refractivity contribution in [3.8, 4) is 0 Å². The highest BCUT2D eigenvalue weighted by atomic mass is 28.4. The Morgan fingerprint density at radius 2 is 2.12 bits per heavy atom. The van der Waals surface area contributed by atoms with Gasteiger partial charge in [-0.05, 0) is 19.1 Å². The summed E-state index contributed by atoms with van der Waals surface area (Å²) in [6.07, 6.45) is 0.882. The first-order valence-electron chi connectivity index (χ1n) is 2.81. The fraction of sp³-hybridized carbons (Fsp3) is 0.667. The molecule has 0 aliphatic heterocycles. The number of rotatable bonds is 3. The van der Waals surface area contributed by atoms with Crippen molar-refractivity contribution in [3.05, 3.63) is 13.0 Å². The van der Waals surface area contributed by atoms with Crippen molar-refractivity contribution in [1.82, 2.24) is 0 Å². The van der Waals surface area contributed by atoms with Gasteiger partial charge in [-0.2, -0.15) is 0 Å². The molecule has 0 saturated heterocycles. The Kier molecular flexibility index (Phi) is 3.32. The predicted octanol–water partition coefficient (Wildman–Crippen LogP) is 1.81. The summed E-state index contributed by atoms with van der Waals surface area (Å²) in [5.74, 6) is 0. The fourth-order valence-corrected chi connectivity index (χ4v) is 1.29.